The Kier molecular flexibility index (Phi) is 4.55. The lowest BCUT2D eigenvalue weighted by atomic mass is 10.0. The van der Waals surface area contributed by atoms with Gasteiger partial charge >= 0.3 is 12.6 Å². The third-order valence-corrected chi connectivity index (χ3v) is 2.87. The van der Waals surface area contributed by atoms with Gasteiger partial charge in [-0.3, -0.25) is 0 Å². The topological polar surface area (TPSA) is 55.8 Å². The summed E-state index contributed by atoms with van der Waals surface area (Å²) in [5.74, 6) is -2.10. The number of aromatic carboxylic acids is 1. The lowest BCUT2D eigenvalue weighted by Crippen LogP contribution is -2.04. The molecular weight excluding hydrogens is 301 g/mol. The van der Waals surface area contributed by atoms with Gasteiger partial charge < -0.3 is 14.6 Å². The molecule has 2 aromatic rings. The summed E-state index contributed by atoms with van der Waals surface area (Å²) in [6, 6.07) is 7.20. The van der Waals surface area contributed by atoms with Crippen molar-refractivity contribution in [2.75, 3.05) is 7.11 Å². The number of alkyl halides is 2. The number of hydrogen-bond donors (Lipinski definition) is 1. The number of ether oxygens (including phenoxy) is 2. The van der Waals surface area contributed by atoms with Crippen molar-refractivity contribution < 1.29 is 32.5 Å². The second-order valence-electron chi connectivity index (χ2n) is 4.28. The predicted molar refractivity (Wildman–Crippen MR) is 72.0 cm³/mol. The van der Waals surface area contributed by atoms with E-state index in [9.17, 15) is 18.0 Å². The first-order valence-corrected chi connectivity index (χ1v) is 6.08. The Morgan fingerprint density at radius 1 is 1.14 bits per heavy atom. The van der Waals surface area contributed by atoms with Crippen molar-refractivity contribution in [2.45, 2.75) is 6.61 Å². The van der Waals surface area contributed by atoms with E-state index < -0.39 is 18.4 Å². The van der Waals surface area contributed by atoms with Gasteiger partial charge in [-0.05, 0) is 35.9 Å². The van der Waals surface area contributed by atoms with Crippen molar-refractivity contribution >= 4 is 5.97 Å². The number of carbonyl (C=O) groups is 1. The van der Waals surface area contributed by atoms with Crippen molar-refractivity contribution in [3.05, 3.63) is 47.8 Å². The average molecular weight is 312 g/mol. The zero-order valence-corrected chi connectivity index (χ0v) is 11.3. The lowest BCUT2D eigenvalue weighted by molar-refractivity contribution is -0.0498. The average Bonchev–Trinajstić information content (AvgIpc) is 2.45. The predicted octanol–water partition coefficient (Wildman–Crippen LogP) is 3.80. The maximum atomic E-state index is 14.0. The number of carboxylic acid groups (broad SMARTS) is 1. The smallest absolute Gasteiger partial charge is 0.387 e. The fourth-order valence-corrected chi connectivity index (χ4v) is 1.91. The van der Waals surface area contributed by atoms with Gasteiger partial charge in [-0.15, -0.1) is 0 Å². The summed E-state index contributed by atoms with van der Waals surface area (Å²) in [5.41, 5.74) is -0.137. The highest BCUT2D eigenvalue weighted by molar-refractivity contribution is 5.90. The first kappa shape index (κ1) is 15.7. The van der Waals surface area contributed by atoms with E-state index >= 15 is 0 Å². The Hall–Kier alpha value is -2.70. The summed E-state index contributed by atoms with van der Waals surface area (Å²) in [4.78, 5) is 11.1. The first-order chi connectivity index (χ1) is 10.4. The first-order valence-electron chi connectivity index (χ1n) is 6.08. The van der Waals surface area contributed by atoms with Crippen molar-refractivity contribution in [1.82, 2.24) is 0 Å². The number of carboxylic acids is 1. The highest BCUT2D eigenvalue weighted by atomic mass is 19.3. The van der Waals surface area contributed by atoms with Gasteiger partial charge in [0.25, 0.3) is 0 Å². The molecule has 0 bridgehead atoms. The van der Waals surface area contributed by atoms with E-state index in [4.69, 9.17) is 9.84 Å². The highest BCUT2D eigenvalue weighted by Crippen LogP contribution is 2.30. The van der Waals surface area contributed by atoms with E-state index in [1.165, 1.54) is 25.3 Å². The van der Waals surface area contributed by atoms with E-state index in [1.54, 1.807) is 0 Å². The van der Waals surface area contributed by atoms with Crippen LogP contribution in [0.1, 0.15) is 10.4 Å². The van der Waals surface area contributed by atoms with E-state index in [0.29, 0.717) is 0 Å². The van der Waals surface area contributed by atoms with E-state index in [1.807, 2.05) is 0 Å². The van der Waals surface area contributed by atoms with Gasteiger partial charge in [0.05, 0.1) is 12.7 Å². The normalized spacial score (nSPS) is 10.6. The Balaban J connectivity index is 2.53. The Morgan fingerprint density at radius 2 is 1.86 bits per heavy atom. The van der Waals surface area contributed by atoms with Crippen LogP contribution in [0, 0.1) is 5.82 Å². The summed E-state index contributed by atoms with van der Waals surface area (Å²) in [6.07, 6.45) is 0. The van der Waals surface area contributed by atoms with E-state index in [0.717, 1.165) is 18.2 Å². The molecule has 0 aromatic heterocycles. The molecule has 4 nitrogen and oxygen atoms in total. The lowest BCUT2D eigenvalue weighted by Gasteiger charge is -2.10. The Labute approximate surface area is 123 Å². The van der Waals surface area contributed by atoms with Gasteiger partial charge in [0.1, 0.15) is 17.3 Å². The van der Waals surface area contributed by atoms with Gasteiger partial charge in [-0.1, -0.05) is 0 Å². The molecule has 0 heterocycles. The summed E-state index contributed by atoms with van der Waals surface area (Å²) in [5, 5.41) is 9.01. The quantitative estimate of drug-likeness (QED) is 0.912. The van der Waals surface area contributed by atoms with Crippen LogP contribution in [-0.4, -0.2) is 24.8 Å². The number of methoxy groups -OCH3 is 1. The molecule has 0 fully saturated rings. The van der Waals surface area contributed by atoms with Gasteiger partial charge in [0.15, 0.2) is 0 Å². The van der Waals surface area contributed by atoms with Crippen LogP contribution in [-0.2, 0) is 0 Å². The second kappa shape index (κ2) is 6.38. The summed E-state index contributed by atoms with van der Waals surface area (Å²) < 4.78 is 47.7. The van der Waals surface area contributed by atoms with Crippen LogP contribution in [0.4, 0.5) is 13.2 Å². The van der Waals surface area contributed by atoms with Crippen LogP contribution >= 0.6 is 0 Å². The number of rotatable bonds is 5. The van der Waals surface area contributed by atoms with Crippen LogP contribution in [0.25, 0.3) is 11.1 Å². The molecule has 0 saturated carbocycles. The van der Waals surface area contributed by atoms with Crippen molar-refractivity contribution in [1.29, 1.82) is 0 Å². The molecule has 1 N–H and O–H groups in total. The minimum Gasteiger partial charge on any atom is -0.497 e. The molecule has 0 unspecified atom stereocenters. The fraction of sp³-hybridized carbons (Fsp3) is 0.133. The minimum atomic E-state index is -3.11. The maximum absolute atomic E-state index is 14.0. The summed E-state index contributed by atoms with van der Waals surface area (Å²) >= 11 is 0. The fourth-order valence-electron chi connectivity index (χ4n) is 1.91. The highest BCUT2D eigenvalue weighted by Gasteiger charge is 2.14. The molecular formula is C15H11F3O4. The molecule has 0 radical (unpaired) electrons. The standard InChI is InChI=1S/C15H11F3O4/c1-21-10-2-3-12(13(16)7-10)8-4-9(14(19)20)6-11(5-8)22-15(17)18/h2-7,15H,1H3,(H,19,20). The van der Waals surface area contributed by atoms with Crippen LogP contribution in [0.3, 0.4) is 0 Å². The van der Waals surface area contributed by atoms with Crippen LogP contribution in [0.5, 0.6) is 11.5 Å². The summed E-state index contributed by atoms with van der Waals surface area (Å²) in [6.45, 7) is -3.11. The number of halogens is 3. The number of benzene rings is 2. The van der Waals surface area contributed by atoms with Crippen molar-refractivity contribution in [3.63, 3.8) is 0 Å². The van der Waals surface area contributed by atoms with E-state index in [-0.39, 0.29) is 28.2 Å². The van der Waals surface area contributed by atoms with Gasteiger partial charge in [0.2, 0.25) is 0 Å². The van der Waals surface area contributed by atoms with Gasteiger partial charge in [-0.25, -0.2) is 9.18 Å². The molecule has 0 atom stereocenters. The summed E-state index contributed by atoms with van der Waals surface area (Å²) in [7, 11) is 1.37. The third kappa shape index (κ3) is 3.49. The second-order valence-corrected chi connectivity index (χ2v) is 4.28. The molecule has 0 spiro atoms. The Morgan fingerprint density at radius 3 is 2.41 bits per heavy atom. The molecule has 0 aliphatic rings. The molecule has 2 rings (SSSR count). The monoisotopic (exact) mass is 312 g/mol. The molecule has 2 aromatic carbocycles. The zero-order chi connectivity index (χ0) is 16.3. The SMILES string of the molecule is COc1ccc(-c2cc(OC(F)F)cc(C(=O)O)c2)c(F)c1. The van der Waals surface area contributed by atoms with Crippen molar-refractivity contribution in [3.8, 4) is 22.6 Å². The maximum Gasteiger partial charge on any atom is 0.387 e. The molecule has 0 aliphatic heterocycles. The minimum absolute atomic E-state index is 0.0445. The number of hydrogen-bond acceptors (Lipinski definition) is 3. The zero-order valence-electron chi connectivity index (χ0n) is 11.3. The molecule has 22 heavy (non-hydrogen) atoms. The molecule has 116 valence electrons. The van der Waals surface area contributed by atoms with Crippen molar-refractivity contribution in [2.24, 2.45) is 0 Å². The Bertz CT molecular complexity index is 701. The van der Waals surface area contributed by atoms with Crippen LogP contribution in [0.2, 0.25) is 0 Å². The van der Waals surface area contributed by atoms with Crippen LogP contribution in [0.15, 0.2) is 36.4 Å². The molecule has 0 aliphatic carbocycles. The molecule has 7 heteroatoms. The molecule has 0 amide bonds. The van der Waals surface area contributed by atoms with Gasteiger partial charge in [0, 0.05) is 11.6 Å². The largest absolute Gasteiger partial charge is 0.497 e. The van der Waals surface area contributed by atoms with Crippen LogP contribution < -0.4 is 9.47 Å². The third-order valence-electron chi connectivity index (χ3n) is 2.87. The molecule has 0 saturated heterocycles. The van der Waals surface area contributed by atoms with Gasteiger partial charge in [-0.2, -0.15) is 8.78 Å². The van der Waals surface area contributed by atoms with E-state index in [2.05, 4.69) is 4.74 Å².